The molecule has 0 bridgehead atoms. The minimum atomic E-state index is -3.91. The highest BCUT2D eigenvalue weighted by Crippen LogP contribution is 2.29. The van der Waals surface area contributed by atoms with Crippen LogP contribution < -0.4 is 19.5 Å². The molecular formula is C17H19BrN2O5S. The van der Waals surface area contributed by atoms with Crippen molar-refractivity contribution < 1.29 is 22.7 Å². The molecule has 0 aromatic heterocycles. The van der Waals surface area contributed by atoms with Gasteiger partial charge in [-0.25, -0.2) is 8.42 Å². The van der Waals surface area contributed by atoms with Crippen LogP contribution in [0.25, 0.3) is 0 Å². The third-order valence-electron chi connectivity index (χ3n) is 3.50. The second-order valence-electron chi connectivity index (χ2n) is 5.36. The number of carbonyl (C=O) groups excluding carboxylic acids is 1. The van der Waals surface area contributed by atoms with E-state index in [-0.39, 0.29) is 10.6 Å². The SMILES string of the molecule is COc1ccc(S(=O)(=O)N[C@H](C)C(=O)Nc2ccc(Br)cc2)cc1OC. The Labute approximate surface area is 160 Å². The number of hydrogen-bond donors (Lipinski definition) is 2. The fourth-order valence-corrected chi connectivity index (χ4v) is 3.60. The number of hydrogen-bond acceptors (Lipinski definition) is 5. The lowest BCUT2D eigenvalue weighted by atomic mass is 10.3. The summed E-state index contributed by atoms with van der Waals surface area (Å²) in [4.78, 5) is 12.2. The van der Waals surface area contributed by atoms with E-state index >= 15 is 0 Å². The minimum absolute atomic E-state index is 0.0292. The van der Waals surface area contributed by atoms with E-state index in [1.165, 1.54) is 39.3 Å². The Bertz CT molecular complexity index is 885. The molecule has 26 heavy (non-hydrogen) atoms. The van der Waals surface area contributed by atoms with Crippen molar-refractivity contribution in [2.75, 3.05) is 19.5 Å². The van der Waals surface area contributed by atoms with Crippen LogP contribution in [0.2, 0.25) is 0 Å². The maximum Gasteiger partial charge on any atom is 0.242 e. The van der Waals surface area contributed by atoms with Crippen molar-refractivity contribution >= 4 is 37.5 Å². The van der Waals surface area contributed by atoms with Crippen molar-refractivity contribution in [1.82, 2.24) is 4.72 Å². The molecule has 0 spiro atoms. The number of rotatable bonds is 7. The summed E-state index contributed by atoms with van der Waals surface area (Å²) in [6, 6.07) is 10.2. The van der Waals surface area contributed by atoms with Crippen LogP contribution in [0.5, 0.6) is 11.5 Å². The van der Waals surface area contributed by atoms with Crippen molar-refractivity contribution in [2.24, 2.45) is 0 Å². The van der Waals surface area contributed by atoms with Gasteiger partial charge < -0.3 is 14.8 Å². The molecule has 0 saturated heterocycles. The van der Waals surface area contributed by atoms with Crippen molar-refractivity contribution in [3.8, 4) is 11.5 Å². The van der Waals surface area contributed by atoms with E-state index in [0.717, 1.165) is 4.47 Å². The molecule has 2 aromatic rings. The maximum atomic E-state index is 12.5. The summed E-state index contributed by atoms with van der Waals surface area (Å²) in [5.41, 5.74) is 0.565. The van der Waals surface area contributed by atoms with Crippen molar-refractivity contribution in [2.45, 2.75) is 17.9 Å². The number of nitrogens with one attached hydrogen (secondary N) is 2. The normalized spacial score (nSPS) is 12.3. The highest BCUT2D eigenvalue weighted by Gasteiger charge is 2.23. The molecule has 0 radical (unpaired) electrons. The first kappa shape index (κ1) is 20.2. The molecule has 0 unspecified atom stereocenters. The van der Waals surface area contributed by atoms with E-state index in [1.54, 1.807) is 24.3 Å². The fourth-order valence-electron chi connectivity index (χ4n) is 2.12. The first-order valence-electron chi connectivity index (χ1n) is 7.57. The van der Waals surface area contributed by atoms with Gasteiger partial charge in [0.1, 0.15) is 0 Å². The number of amides is 1. The third kappa shape index (κ3) is 4.96. The number of methoxy groups -OCH3 is 2. The number of carbonyl (C=O) groups is 1. The molecule has 2 rings (SSSR count). The van der Waals surface area contributed by atoms with Crippen LogP contribution in [0.15, 0.2) is 51.8 Å². The molecule has 1 atom stereocenters. The average Bonchev–Trinajstić information content (AvgIpc) is 2.62. The van der Waals surface area contributed by atoms with Crippen LogP contribution >= 0.6 is 15.9 Å². The first-order chi connectivity index (χ1) is 12.3. The average molecular weight is 443 g/mol. The largest absolute Gasteiger partial charge is 0.493 e. The Morgan fingerprint density at radius 2 is 1.65 bits per heavy atom. The van der Waals surface area contributed by atoms with Crippen LogP contribution in [0, 0.1) is 0 Å². The lowest BCUT2D eigenvalue weighted by molar-refractivity contribution is -0.117. The molecule has 0 saturated carbocycles. The van der Waals surface area contributed by atoms with E-state index in [0.29, 0.717) is 11.4 Å². The van der Waals surface area contributed by atoms with Gasteiger partial charge in [0.15, 0.2) is 11.5 Å². The van der Waals surface area contributed by atoms with Crippen LogP contribution in [0.1, 0.15) is 6.92 Å². The number of ether oxygens (including phenoxy) is 2. The van der Waals surface area contributed by atoms with Crippen LogP contribution in [-0.4, -0.2) is 34.6 Å². The zero-order valence-corrected chi connectivity index (χ0v) is 16.8. The zero-order chi connectivity index (χ0) is 19.3. The number of anilines is 1. The Balaban J connectivity index is 2.12. The predicted molar refractivity (Wildman–Crippen MR) is 102 cm³/mol. The summed E-state index contributed by atoms with van der Waals surface area (Å²) in [5.74, 6) is 0.214. The van der Waals surface area contributed by atoms with Gasteiger partial charge in [-0.3, -0.25) is 4.79 Å². The summed E-state index contributed by atoms with van der Waals surface area (Å²) in [6.07, 6.45) is 0. The lowest BCUT2D eigenvalue weighted by Crippen LogP contribution is -2.41. The van der Waals surface area contributed by atoms with Gasteiger partial charge in [-0.05, 0) is 43.3 Å². The second kappa shape index (κ2) is 8.52. The van der Waals surface area contributed by atoms with Gasteiger partial charge in [0.25, 0.3) is 0 Å². The summed E-state index contributed by atoms with van der Waals surface area (Å²) in [6.45, 7) is 1.46. The van der Waals surface area contributed by atoms with Gasteiger partial charge in [0, 0.05) is 16.2 Å². The van der Waals surface area contributed by atoms with Crippen LogP contribution in [-0.2, 0) is 14.8 Å². The molecule has 1 amide bonds. The van der Waals surface area contributed by atoms with Gasteiger partial charge >= 0.3 is 0 Å². The molecular weight excluding hydrogens is 424 g/mol. The summed E-state index contributed by atoms with van der Waals surface area (Å²) in [5, 5.41) is 2.65. The highest BCUT2D eigenvalue weighted by atomic mass is 79.9. The van der Waals surface area contributed by atoms with Gasteiger partial charge in [-0.2, -0.15) is 4.72 Å². The van der Waals surface area contributed by atoms with Crippen LogP contribution in [0.4, 0.5) is 5.69 Å². The summed E-state index contributed by atoms with van der Waals surface area (Å²) in [7, 11) is -1.05. The van der Waals surface area contributed by atoms with Crippen molar-refractivity contribution in [3.05, 3.63) is 46.9 Å². The van der Waals surface area contributed by atoms with Crippen molar-refractivity contribution in [1.29, 1.82) is 0 Å². The predicted octanol–water partition coefficient (Wildman–Crippen LogP) is 2.77. The smallest absolute Gasteiger partial charge is 0.242 e. The summed E-state index contributed by atoms with van der Waals surface area (Å²) >= 11 is 3.30. The first-order valence-corrected chi connectivity index (χ1v) is 9.85. The Morgan fingerprint density at radius 1 is 1.04 bits per heavy atom. The maximum absolute atomic E-state index is 12.5. The molecule has 2 N–H and O–H groups in total. The molecule has 0 heterocycles. The number of benzene rings is 2. The van der Waals surface area contributed by atoms with E-state index in [2.05, 4.69) is 26.0 Å². The van der Waals surface area contributed by atoms with Gasteiger partial charge in [0.05, 0.1) is 25.2 Å². The van der Waals surface area contributed by atoms with Gasteiger partial charge in [-0.1, -0.05) is 15.9 Å². The zero-order valence-electron chi connectivity index (χ0n) is 14.4. The third-order valence-corrected chi connectivity index (χ3v) is 5.57. The lowest BCUT2D eigenvalue weighted by Gasteiger charge is -2.15. The fraction of sp³-hybridized carbons (Fsp3) is 0.235. The van der Waals surface area contributed by atoms with Crippen molar-refractivity contribution in [3.63, 3.8) is 0 Å². The Hall–Kier alpha value is -2.10. The molecule has 2 aromatic carbocycles. The van der Waals surface area contributed by atoms with Gasteiger partial charge in [0.2, 0.25) is 15.9 Å². The van der Waals surface area contributed by atoms with E-state index < -0.39 is 22.0 Å². The van der Waals surface area contributed by atoms with E-state index in [9.17, 15) is 13.2 Å². The minimum Gasteiger partial charge on any atom is -0.493 e. The highest BCUT2D eigenvalue weighted by molar-refractivity contribution is 9.10. The second-order valence-corrected chi connectivity index (χ2v) is 7.99. The van der Waals surface area contributed by atoms with Gasteiger partial charge in [-0.15, -0.1) is 0 Å². The van der Waals surface area contributed by atoms with E-state index in [4.69, 9.17) is 9.47 Å². The number of halogens is 1. The monoisotopic (exact) mass is 442 g/mol. The quantitative estimate of drug-likeness (QED) is 0.687. The molecule has 7 nitrogen and oxygen atoms in total. The summed E-state index contributed by atoms with van der Waals surface area (Å²) < 4.78 is 38.5. The van der Waals surface area contributed by atoms with Crippen LogP contribution in [0.3, 0.4) is 0 Å². The molecule has 0 aliphatic rings. The number of sulfonamides is 1. The Kier molecular flexibility index (Phi) is 6.63. The Morgan fingerprint density at radius 3 is 2.23 bits per heavy atom. The molecule has 140 valence electrons. The molecule has 0 fully saturated rings. The topological polar surface area (TPSA) is 93.7 Å². The standard InChI is InChI=1S/C17H19BrN2O5S/c1-11(17(21)19-13-6-4-12(18)5-7-13)20-26(22,23)14-8-9-15(24-2)16(10-14)25-3/h4-11,20H,1-3H3,(H,19,21)/t11-/m1/s1. The molecule has 0 aliphatic heterocycles. The molecule has 9 heteroatoms. The van der Waals surface area contributed by atoms with E-state index in [1.807, 2.05) is 0 Å². The molecule has 0 aliphatic carbocycles.